The summed E-state index contributed by atoms with van der Waals surface area (Å²) in [7, 11) is 0. The zero-order chi connectivity index (χ0) is 20.6. The summed E-state index contributed by atoms with van der Waals surface area (Å²) in [5.74, 6) is -0.0307. The minimum Gasteiger partial charge on any atom is -0.341 e. The summed E-state index contributed by atoms with van der Waals surface area (Å²) in [6.45, 7) is 2.92. The number of carbonyl (C=O) groups excluding carboxylic acids is 2. The lowest BCUT2D eigenvalue weighted by Crippen LogP contribution is -2.38. The van der Waals surface area contributed by atoms with Crippen LogP contribution < -0.4 is 5.32 Å². The highest BCUT2D eigenvalue weighted by molar-refractivity contribution is 8.00. The van der Waals surface area contributed by atoms with Crippen LogP contribution in [0.1, 0.15) is 6.42 Å². The van der Waals surface area contributed by atoms with Crippen LogP contribution in [0.25, 0.3) is 0 Å². The Balaban J connectivity index is 1.44. The fourth-order valence-corrected chi connectivity index (χ4v) is 4.09. The average Bonchev–Trinajstić information content (AvgIpc) is 2.95. The second-order valence-corrected chi connectivity index (χ2v) is 8.24. The first-order valence-electron chi connectivity index (χ1n) is 9.44. The standard InChI is InChI=1S/C21H23ClFN3O2S/c22-18-4-1-2-5-19(18)24-20(27)14-25-10-3-11-26(13-12-25)21(28)15-29-17-8-6-16(23)7-9-17/h1-2,4-9H,3,10-15H2,(H,24,27). The van der Waals surface area contributed by atoms with Gasteiger partial charge in [0.15, 0.2) is 0 Å². The first-order valence-corrected chi connectivity index (χ1v) is 10.8. The Morgan fingerprint density at radius 3 is 2.55 bits per heavy atom. The lowest BCUT2D eigenvalue weighted by Gasteiger charge is -2.21. The van der Waals surface area contributed by atoms with Crippen LogP contribution in [0.2, 0.25) is 5.02 Å². The molecular weight excluding hydrogens is 413 g/mol. The number of nitrogens with one attached hydrogen (secondary N) is 1. The van der Waals surface area contributed by atoms with E-state index in [1.807, 2.05) is 21.9 Å². The van der Waals surface area contributed by atoms with Crippen LogP contribution in [-0.2, 0) is 9.59 Å². The molecule has 5 nitrogen and oxygen atoms in total. The number of benzene rings is 2. The van der Waals surface area contributed by atoms with Gasteiger partial charge in [0.2, 0.25) is 11.8 Å². The first-order chi connectivity index (χ1) is 14.0. The first kappa shape index (κ1) is 21.6. The molecule has 1 fully saturated rings. The number of carbonyl (C=O) groups is 2. The van der Waals surface area contributed by atoms with Crippen LogP contribution in [-0.4, -0.2) is 60.1 Å². The van der Waals surface area contributed by atoms with Crippen molar-refractivity contribution in [2.45, 2.75) is 11.3 Å². The van der Waals surface area contributed by atoms with E-state index in [9.17, 15) is 14.0 Å². The summed E-state index contributed by atoms with van der Waals surface area (Å²) < 4.78 is 13.0. The van der Waals surface area contributed by atoms with E-state index < -0.39 is 0 Å². The van der Waals surface area contributed by atoms with Gasteiger partial charge in [0.05, 0.1) is 23.0 Å². The van der Waals surface area contributed by atoms with Gasteiger partial charge >= 0.3 is 0 Å². The minimum atomic E-state index is -0.285. The highest BCUT2D eigenvalue weighted by Crippen LogP contribution is 2.21. The smallest absolute Gasteiger partial charge is 0.238 e. The Morgan fingerprint density at radius 2 is 1.79 bits per heavy atom. The number of thioether (sulfide) groups is 1. The van der Waals surface area contributed by atoms with E-state index in [0.717, 1.165) is 17.9 Å². The quantitative estimate of drug-likeness (QED) is 0.702. The van der Waals surface area contributed by atoms with Crippen molar-refractivity contribution in [1.29, 1.82) is 0 Å². The molecule has 0 aliphatic carbocycles. The van der Waals surface area contributed by atoms with Crippen molar-refractivity contribution >= 4 is 40.9 Å². The van der Waals surface area contributed by atoms with Gasteiger partial charge in [-0.1, -0.05) is 23.7 Å². The predicted octanol–water partition coefficient (Wildman–Crippen LogP) is 3.74. The molecule has 0 radical (unpaired) electrons. The van der Waals surface area contributed by atoms with Gasteiger partial charge < -0.3 is 10.2 Å². The Kier molecular flexibility index (Phi) is 7.91. The number of amides is 2. The normalized spacial score (nSPS) is 15.0. The molecule has 0 unspecified atom stereocenters. The number of hydrogen-bond acceptors (Lipinski definition) is 4. The van der Waals surface area contributed by atoms with Crippen molar-refractivity contribution in [3.05, 3.63) is 59.4 Å². The minimum absolute atomic E-state index is 0.0571. The molecule has 1 heterocycles. The molecule has 2 aromatic carbocycles. The largest absolute Gasteiger partial charge is 0.341 e. The number of anilines is 1. The number of halogens is 2. The van der Waals surface area contributed by atoms with Crippen LogP contribution in [0.4, 0.5) is 10.1 Å². The van der Waals surface area contributed by atoms with Gasteiger partial charge in [0, 0.05) is 31.1 Å². The second-order valence-electron chi connectivity index (χ2n) is 6.78. The molecule has 0 saturated carbocycles. The van der Waals surface area contributed by atoms with Crippen molar-refractivity contribution in [3.63, 3.8) is 0 Å². The maximum Gasteiger partial charge on any atom is 0.238 e. The third-order valence-electron chi connectivity index (χ3n) is 4.63. The molecule has 0 bridgehead atoms. The molecule has 3 rings (SSSR count). The highest BCUT2D eigenvalue weighted by Gasteiger charge is 2.20. The molecule has 1 saturated heterocycles. The van der Waals surface area contributed by atoms with E-state index in [4.69, 9.17) is 11.6 Å². The zero-order valence-electron chi connectivity index (χ0n) is 15.9. The number of hydrogen-bond donors (Lipinski definition) is 1. The van der Waals surface area contributed by atoms with Gasteiger partial charge in [0.25, 0.3) is 0 Å². The summed E-state index contributed by atoms with van der Waals surface area (Å²) in [5.41, 5.74) is 0.601. The molecule has 154 valence electrons. The molecule has 1 aliphatic rings. The molecule has 0 atom stereocenters. The fraction of sp³-hybridized carbons (Fsp3) is 0.333. The van der Waals surface area contributed by atoms with Crippen LogP contribution in [0.5, 0.6) is 0 Å². The van der Waals surface area contributed by atoms with Crippen molar-refractivity contribution in [1.82, 2.24) is 9.80 Å². The molecular formula is C21H23ClFN3O2S. The summed E-state index contributed by atoms with van der Waals surface area (Å²) >= 11 is 7.48. The van der Waals surface area contributed by atoms with E-state index in [-0.39, 0.29) is 24.2 Å². The Hall–Kier alpha value is -2.09. The summed E-state index contributed by atoms with van der Waals surface area (Å²) in [5, 5.41) is 3.34. The third kappa shape index (κ3) is 6.73. The molecule has 1 aliphatic heterocycles. The van der Waals surface area contributed by atoms with Crippen molar-refractivity contribution in [2.75, 3.05) is 43.8 Å². The van der Waals surface area contributed by atoms with Crippen molar-refractivity contribution in [2.24, 2.45) is 0 Å². The van der Waals surface area contributed by atoms with Crippen LogP contribution in [0.15, 0.2) is 53.4 Å². The Labute approximate surface area is 179 Å². The molecule has 29 heavy (non-hydrogen) atoms. The number of nitrogens with zero attached hydrogens (tertiary/aromatic N) is 2. The van der Waals surface area contributed by atoms with Gasteiger partial charge in [-0.3, -0.25) is 14.5 Å². The highest BCUT2D eigenvalue weighted by atomic mass is 35.5. The van der Waals surface area contributed by atoms with E-state index in [2.05, 4.69) is 5.32 Å². The second kappa shape index (κ2) is 10.6. The van der Waals surface area contributed by atoms with E-state index in [1.54, 1.807) is 24.3 Å². The topological polar surface area (TPSA) is 52.7 Å². The van der Waals surface area contributed by atoms with Gasteiger partial charge in [-0.05, 0) is 42.8 Å². The van der Waals surface area contributed by atoms with Gasteiger partial charge in [-0.25, -0.2) is 4.39 Å². The lowest BCUT2D eigenvalue weighted by atomic mass is 10.3. The summed E-state index contributed by atoms with van der Waals surface area (Å²) in [6, 6.07) is 13.3. The van der Waals surface area contributed by atoms with Gasteiger partial charge in [0.1, 0.15) is 5.82 Å². The molecule has 8 heteroatoms. The van der Waals surface area contributed by atoms with E-state index in [0.29, 0.717) is 36.1 Å². The maximum absolute atomic E-state index is 13.0. The van der Waals surface area contributed by atoms with Crippen LogP contribution >= 0.6 is 23.4 Å². The molecule has 0 aromatic heterocycles. The Bertz CT molecular complexity index is 850. The zero-order valence-corrected chi connectivity index (χ0v) is 17.5. The number of rotatable bonds is 6. The predicted molar refractivity (Wildman–Crippen MR) is 115 cm³/mol. The summed E-state index contributed by atoms with van der Waals surface area (Å²) in [4.78, 5) is 29.6. The lowest BCUT2D eigenvalue weighted by molar-refractivity contribution is -0.128. The van der Waals surface area contributed by atoms with Crippen molar-refractivity contribution in [3.8, 4) is 0 Å². The molecule has 1 N–H and O–H groups in total. The van der Waals surface area contributed by atoms with Gasteiger partial charge in [-0.2, -0.15) is 0 Å². The fourth-order valence-electron chi connectivity index (χ4n) is 3.10. The molecule has 2 amide bonds. The average molecular weight is 436 g/mol. The molecule has 2 aromatic rings. The van der Waals surface area contributed by atoms with Crippen molar-refractivity contribution < 1.29 is 14.0 Å². The maximum atomic E-state index is 13.0. The van der Waals surface area contributed by atoms with Crippen LogP contribution in [0.3, 0.4) is 0 Å². The van der Waals surface area contributed by atoms with Gasteiger partial charge in [-0.15, -0.1) is 11.8 Å². The Morgan fingerprint density at radius 1 is 1.03 bits per heavy atom. The summed E-state index contributed by atoms with van der Waals surface area (Å²) in [6.07, 6.45) is 0.812. The SMILES string of the molecule is O=C(CN1CCCN(C(=O)CSc2ccc(F)cc2)CC1)Nc1ccccc1Cl. The third-order valence-corrected chi connectivity index (χ3v) is 5.96. The van der Waals surface area contributed by atoms with E-state index in [1.165, 1.54) is 23.9 Å². The van der Waals surface area contributed by atoms with E-state index >= 15 is 0 Å². The molecule has 0 spiro atoms. The van der Waals surface area contributed by atoms with Crippen LogP contribution in [0, 0.1) is 5.82 Å². The number of para-hydroxylation sites is 1. The monoisotopic (exact) mass is 435 g/mol.